The number of hydrogen-bond acceptors (Lipinski definition) is 3. The van der Waals surface area contributed by atoms with Crippen LogP contribution >= 0.6 is 0 Å². The first-order valence-electron chi connectivity index (χ1n) is 6.93. The zero-order valence-corrected chi connectivity index (χ0v) is 12.4. The second kappa shape index (κ2) is 7.49. The summed E-state index contributed by atoms with van der Waals surface area (Å²) in [6.07, 6.45) is 0. The first kappa shape index (κ1) is 16.6. The molecule has 0 bridgehead atoms. The first-order valence-corrected chi connectivity index (χ1v) is 6.93. The molecule has 0 fully saturated rings. The second-order valence-corrected chi connectivity index (χ2v) is 4.93. The van der Waals surface area contributed by atoms with Crippen LogP contribution in [-0.2, 0) is 9.53 Å². The number of carbonyl (C=O) groups excluding carboxylic acids is 2. The molecule has 0 saturated heterocycles. The molecule has 0 spiro atoms. The Bertz CT molecular complexity index is 684. The van der Waals surface area contributed by atoms with Crippen LogP contribution in [0, 0.1) is 11.6 Å². The maximum Gasteiger partial charge on any atom is 0.338 e. The van der Waals surface area contributed by atoms with Gasteiger partial charge in [-0.1, -0.05) is 30.3 Å². The standard InChI is InChI=1S/C17H15F2NO3/c1-11(12-5-3-2-4-6-12)20-16(21)10-23-17(22)13-7-14(18)9-15(19)8-13/h2-9,11H,10H2,1H3,(H,20,21). The number of amides is 1. The third kappa shape index (κ3) is 4.88. The van der Waals surface area contributed by atoms with Crippen molar-refractivity contribution in [3.05, 3.63) is 71.3 Å². The summed E-state index contributed by atoms with van der Waals surface area (Å²) >= 11 is 0. The summed E-state index contributed by atoms with van der Waals surface area (Å²) in [5, 5.41) is 2.66. The summed E-state index contributed by atoms with van der Waals surface area (Å²) in [4.78, 5) is 23.4. The van der Waals surface area contributed by atoms with E-state index in [0.717, 1.165) is 17.7 Å². The first-order chi connectivity index (χ1) is 11.0. The van der Waals surface area contributed by atoms with Crippen LogP contribution in [0.3, 0.4) is 0 Å². The average molecular weight is 319 g/mol. The van der Waals surface area contributed by atoms with Gasteiger partial charge in [0.25, 0.3) is 5.91 Å². The van der Waals surface area contributed by atoms with Crippen molar-refractivity contribution in [3.63, 3.8) is 0 Å². The summed E-state index contributed by atoms with van der Waals surface area (Å²) in [5.74, 6) is -3.25. The van der Waals surface area contributed by atoms with Crippen molar-refractivity contribution in [2.75, 3.05) is 6.61 Å². The second-order valence-electron chi connectivity index (χ2n) is 4.93. The summed E-state index contributed by atoms with van der Waals surface area (Å²) in [5.41, 5.74) is 0.616. The Morgan fingerprint density at radius 3 is 2.30 bits per heavy atom. The molecule has 0 aromatic heterocycles. The number of rotatable bonds is 5. The van der Waals surface area contributed by atoms with Gasteiger partial charge in [0.15, 0.2) is 6.61 Å². The van der Waals surface area contributed by atoms with E-state index in [1.54, 1.807) is 6.92 Å². The fourth-order valence-corrected chi connectivity index (χ4v) is 1.99. The molecule has 1 N–H and O–H groups in total. The fraction of sp³-hybridized carbons (Fsp3) is 0.176. The molecule has 0 heterocycles. The van der Waals surface area contributed by atoms with Crippen LogP contribution in [0.5, 0.6) is 0 Å². The van der Waals surface area contributed by atoms with Crippen LogP contribution in [-0.4, -0.2) is 18.5 Å². The predicted octanol–water partition coefficient (Wildman–Crippen LogP) is 3.00. The molecule has 0 saturated carbocycles. The molecule has 0 aliphatic carbocycles. The van der Waals surface area contributed by atoms with Crippen LogP contribution in [0.2, 0.25) is 0 Å². The van der Waals surface area contributed by atoms with Crippen molar-refractivity contribution in [1.29, 1.82) is 0 Å². The number of carbonyl (C=O) groups is 2. The molecule has 0 radical (unpaired) electrons. The summed E-state index contributed by atoms with van der Waals surface area (Å²) in [6.45, 7) is 1.26. The Labute approximate surface area is 132 Å². The van der Waals surface area contributed by atoms with E-state index in [9.17, 15) is 18.4 Å². The minimum Gasteiger partial charge on any atom is -0.452 e. The van der Waals surface area contributed by atoms with E-state index < -0.39 is 30.1 Å². The SMILES string of the molecule is CC(NC(=O)COC(=O)c1cc(F)cc(F)c1)c1ccccc1. The maximum atomic E-state index is 13.0. The van der Waals surface area contributed by atoms with Gasteiger partial charge in [0.2, 0.25) is 0 Å². The number of esters is 1. The normalized spacial score (nSPS) is 11.6. The topological polar surface area (TPSA) is 55.4 Å². The molecule has 6 heteroatoms. The van der Waals surface area contributed by atoms with Gasteiger partial charge in [-0.05, 0) is 24.6 Å². The van der Waals surface area contributed by atoms with E-state index in [4.69, 9.17) is 4.74 Å². The van der Waals surface area contributed by atoms with Crippen molar-refractivity contribution in [3.8, 4) is 0 Å². The van der Waals surface area contributed by atoms with E-state index in [0.29, 0.717) is 6.07 Å². The van der Waals surface area contributed by atoms with Crippen LogP contribution in [0.1, 0.15) is 28.9 Å². The van der Waals surface area contributed by atoms with Crippen molar-refractivity contribution in [1.82, 2.24) is 5.32 Å². The molecule has 120 valence electrons. The van der Waals surface area contributed by atoms with E-state index in [2.05, 4.69) is 5.32 Å². The van der Waals surface area contributed by atoms with Crippen LogP contribution in [0.25, 0.3) is 0 Å². The van der Waals surface area contributed by atoms with Crippen LogP contribution < -0.4 is 5.32 Å². The van der Waals surface area contributed by atoms with Gasteiger partial charge in [-0.15, -0.1) is 0 Å². The van der Waals surface area contributed by atoms with Gasteiger partial charge in [0, 0.05) is 6.07 Å². The molecule has 1 amide bonds. The quantitative estimate of drug-likeness (QED) is 0.862. The summed E-state index contributed by atoms with van der Waals surface area (Å²) in [6, 6.07) is 11.3. The summed E-state index contributed by atoms with van der Waals surface area (Å²) in [7, 11) is 0. The molecular weight excluding hydrogens is 304 g/mol. The van der Waals surface area contributed by atoms with Crippen molar-refractivity contribution < 1.29 is 23.1 Å². The maximum absolute atomic E-state index is 13.0. The third-order valence-corrected chi connectivity index (χ3v) is 3.11. The molecular formula is C17H15F2NO3. The zero-order valence-electron chi connectivity index (χ0n) is 12.4. The highest BCUT2D eigenvalue weighted by atomic mass is 19.1. The van der Waals surface area contributed by atoms with Gasteiger partial charge in [-0.25, -0.2) is 13.6 Å². The van der Waals surface area contributed by atoms with E-state index >= 15 is 0 Å². The Hall–Kier alpha value is -2.76. The lowest BCUT2D eigenvalue weighted by Gasteiger charge is -2.14. The lowest BCUT2D eigenvalue weighted by atomic mass is 10.1. The monoisotopic (exact) mass is 319 g/mol. The number of nitrogens with one attached hydrogen (secondary N) is 1. The van der Waals surface area contributed by atoms with E-state index in [1.165, 1.54) is 0 Å². The molecule has 0 aliphatic rings. The largest absolute Gasteiger partial charge is 0.452 e. The van der Waals surface area contributed by atoms with Crippen LogP contribution in [0.15, 0.2) is 48.5 Å². The molecule has 2 aromatic rings. The molecule has 1 atom stereocenters. The van der Waals surface area contributed by atoms with Gasteiger partial charge < -0.3 is 10.1 Å². The highest BCUT2D eigenvalue weighted by molar-refractivity contribution is 5.91. The fourth-order valence-electron chi connectivity index (χ4n) is 1.99. The third-order valence-electron chi connectivity index (χ3n) is 3.11. The van der Waals surface area contributed by atoms with Gasteiger partial charge in [0.05, 0.1) is 11.6 Å². The highest BCUT2D eigenvalue weighted by Crippen LogP contribution is 2.11. The van der Waals surface area contributed by atoms with Gasteiger partial charge in [0.1, 0.15) is 11.6 Å². The Morgan fingerprint density at radius 2 is 1.70 bits per heavy atom. The molecule has 1 unspecified atom stereocenters. The van der Waals surface area contributed by atoms with Crippen LogP contribution in [0.4, 0.5) is 8.78 Å². The average Bonchev–Trinajstić information content (AvgIpc) is 2.52. The molecule has 23 heavy (non-hydrogen) atoms. The van der Waals surface area contributed by atoms with E-state index in [1.807, 2.05) is 30.3 Å². The Balaban J connectivity index is 1.87. The van der Waals surface area contributed by atoms with Crippen molar-refractivity contribution in [2.45, 2.75) is 13.0 Å². The Morgan fingerprint density at radius 1 is 1.09 bits per heavy atom. The zero-order chi connectivity index (χ0) is 16.8. The predicted molar refractivity (Wildman–Crippen MR) is 79.6 cm³/mol. The molecule has 4 nitrogen and oxygen atoms in total. The van der Waals surface area contributed by atoms with Gasteiger partial charge in [-0.2, -0.15) is 0 Å². The number of ether oxygens (including phenoxy) is 1. The minimum atomic E-state index is -0.967. The lowest BCUT2D eigenvalue weighted by Crippen LogP contribution is -2.31. The molecule has 2 rings (SSSR count). The smallest absolute Gasteiger partial charge is 0.338 e. The van der Waals surface area contributed by atoms with E-state index in [-0.39, 0.29) is 11.6 Å². The summed E-state index contributed by atoms with van der Waals surface area (Å²) < 4.78 is 30.8. The number of halogens is 2. The molecule has 2 aromatic carbocycles. The highest BCUT2D eigenvalue weighted by Gasteiger charge is 2.14. The van der Waals surface area contributed by atoms with Gasteiger partial charge >= 0.3 is 5.97 Å². The van der Waals surface area contributed by atoms with Gasteiger partial charge in [-0.3, -0.25) is 4.79 Å². The molecule has 0 aliphatic heterocycles. The Kier molecular flexibility index (Phi) is 5.41. The van der Waals surface area contributed by atoms with Crippen molar-refractivity contribution in [2.24, 2.45) is 0 Å². The minimum absolute atomic E-state index is 0.256. The number of hydrogen-bond donors (Lipinski definition) is 1. The lowest BCUT2D eigenvalue weighted by molar-refractivity contribution is -0.124. The number of benzene rings is 2. The van der Waals surface area contributed by atoms with Crippen molar-refractivity contribution >= 4 is 11.9 Å².